The van der Waals surface area contributed by atoms with E-state index in [1.807, 2.05) is 4.90 Å². The van der Waals surface area contributed by atoms with Crippen LogP contribution in [-0.2, 0) is 28.9 Å². The van der Waals surface area contributed by atoms with Gasteiger partial charge in [0.05, 0.1) is 12.5 Å². The SMILES string of the molecule is Cc1c(CC(=O)N2CCCC2)c2c(n1C[C@@H]1CCCO1)CCCC2=O. The fraction of sp³-hybridized carbons (Fsp3) is 0.700. The van der Waals surface area contributed by atoms with Gasteiger partial charge < -0.3 is 14.2 Å². The number of ketones is 1. The molecule has 3 heterocycles. The Balaban J connectivity index is 1.66. The predicted octanol–water partition coefficient (Wildman–Crippen LogP) is 2.66. The Kier molecular flexibility index (Phi) is 4.67. The maximum Gasteiger partial charge on any atom is 0.227 e. The number of fused-ring (bicyclic) bond motifs is 1. The standard InChI is InChI=1S/C20H28N2O3/c1-14-16(12-19(24)21-9-2-3-10-21)20-17(7-4-8-18(20)23)22(14)13-15-6-5-11-25-15/h15H,2-13H2,1H3/t15-/m0/s1. The molecule has 1 aliphatic carbocycles. The highest BCUT2D eigenvalue weighted by Crippen LogP contribution is 2.32. The third kappa shape index (κ3) is 3.14. The summed E-state index contributed by atoms with van der Waals surface area (Å²) in [4.78, 5) is 27.3. The minimum atomic E-state index is 0.177. The van der Waals surface area contributed by atoms with E-state index in [1.54, 1.807) is 0 Å². The zero-order valence-corrected chi connectivity index (χ0v) is 15.2. The number of Topliss-reactive ketones (excluding diaryl/α,β-unsaturated/α-hetero) is 1. The van der Waals surface area contributed by atoms with Gasteiger partial charge in [0.2, 0.25) is 5.91 Å². The molecule has 0 bridgehead atoms. The monoisotopic (exact) mass is 344 g/mol. The van der Waals surface area contributed by atoms with Gasteiger partial charge in [-0.05, 0) is 51.0 Å². The van der Waals surface area contributed by atoms with Crippen LogP contribution in [0.2, 0.25) is 0 Å². The molecule has 0 unspecified atom stereocenters. The van der Waals surface area contributed by atoms with Crippen molar-refractivity contribution in [3.05, 3.63) is 22.5 Å². The van der Waals surface area contributed by atoms with E-state index in [4.69, 9.17) is 4.74 Å². The minimum Gasteiger partial charge on any atom is -0.376 e. The van der Waals surface area contributed by atoms with E-state index < -0.39 is 0 Å². The van der Waals surface area contributed by atoms with Crippen LogP contribution in [0.1, 0.15) is 65.8 Å². The number of amides is 1. The molecule has 136 valence electrons. The largest absolute Gasteiger partial charge is 0.376 e. The highest BCUT2D eigenvalue weighted by atomic mass is 16.5. The van der Waals surface area contributed by atoms with Gasteiger partial charge in [-0.15, -0.1) is 0 Å². The summed E-state index contributed by atoms with van der Waals surface area (Å²) in [6.07, 6.45) is 7.49. The second kappa shape index (κ2) is 6.94. The van der Waals surface area contributed by atoms with Crippen LogP contribution in [0.4, 0.5) is 0 Å². The van der Waals surface area contributed by atoms with E-state index in [2.05, 4.69) is 11.5 Å². The molecule has 1 aromatic rings. The fourth-order valence-corrected chi connectivity index (χ4v) is 4.67. The van der Waals surface area contributed by atoms with Crippen molar-refractivity contribution in [3.63, 3.8) is 0 Å². The van der Waals surface area contributed by atoms with Crippen LogP contribution < -0.4 is 0 Å². The first-order chi connectivity index (χ1) is 12.1. The lowest BCUT2D eigenvalue weighted by atomic mass is 9.92. The normalized spacial score (nSPS) is 23.3. The van der Waals surface area contributed by atoms with Crippen molar-refractivity contribution in [2.45, 2.75) is 70.9 Å². The number of carbonyl (C=O) groups is 2. The molecule has 5 nitrogen and oxygen atoms in total. The van der Waals surface area contributed by atoms with Crippen LogP contribution in [0, 0.1) is 6.92 Å². The van der Waals surface area contributed by atoms with E-state index >= 15 is 0 Å². The number of hydrogen-bond donors (Lipinski definition) is 0. The number of nitrogens with zero attached hydrogens (tertiary/aromatic N) is 2. The van der Waals surface area contributed by atoms with Crippen LogP contribution >= 0.6 is 0 Å². The number of rotatable bonds is 4. The quantitative estimate of drug-likeness (QED) is 0.844. The lowest BCUT2D eigenvalue weighted by molar-refractivity contribution is -0.129. The van der Waals surface area contributed by atoms with E-state index in [0.29, 0.717) is 12.8 Å². The molecule has 2 aliphatic heterocycles. The molecule has 3 aliphatic rings. The summed E-state index contributed by atoms with van der Waals surface area (Å²) in [5.41, 5.74) is 4.08. The van der Waals surface area contributed by atoms with Crippen molar-refractivity contribution in [1.82, 2.24) is 9.47 Å². The molecule has 5 heteroatoms. The number of aromatic nitrogens is 1. The summed E-state index contributed by atoms with van der Waals surface area (Å²) >= 11 is 0. The first-order valence-corrected chi connectivity index (χ1v) is 9.78. The van der Waals surface area contributed by atoms with Gasteiger partial charge in [-0.3, -0.25) is 9.59 Å². The lowest BCUT2D eigenvalue weighted by Crippen LogP contribution is -2.29. The van der Waals surface area contributed by atoms with Crippen molar-refractivity contribution in [2.24, 2.45) is 0 Å². The molecule has 0 radical (unpaired) electrons. The van der Waals surface area contributed by atoms with Gasteiger partial charge in [0.1, 0.15) is 0 Å². The fourth-order valence-electron chi connectivity index (χ4n) is 4.67. The molecule has 0 N–H and O–H groups in total. The Morgan fingerprint density at radius 3 is 2.68 bits per heavy atom. The second-order valence-corrected chi connectivity index (χ2v) is 7.67. The molecular weight excluding hydrogens is 316 g/mol. The zero-order valence-electron chi connectivity index (χ0n) is 15.2. The Bertz CT molecular complexity index is 680. The smallest absolute Gasteiger partial charge is 0.227 e. The summed E-state index contributed by atoms with van der Waals surface area (Å²) < 4.78 is 8.11. The lowest BCUT2D eigenvalue weighted by Gasteiger charge is -2.18. The van der Waals surface area contributed by atoms with Gasteiger partial charge in [-0.25, -0.2) is 0 Å². The Morgan fingerprint density at radius 1 is 1.16 bits per heavy atom. The molecule has 25 heavy (non-hydrogen) atoms. The number of carbonyl (C=O) groups excluding carboxylic acids is 2. The van der Waals surface area contributed by atoms with Crippen molar-refractivity contribution in [2.75, 3.05) is 19.7 Å². The van der Waals surface area contributed by atoms with Gasteiger partial charge in [0.15, 0.2) is 5.78 Å². The van der Waals surface area contributed by atoms with Crippen LogP contribution in [-0.4, -0.2) is 47.0 Å². The number of ether oxygens (including phenoxy) is 1. The molecule has 0 aromatic carbocycles. The third-order valence-electron chi connectivity index (χ3n) is 6.05. The van der Waals surface area contributed by atoms with Crippen molar-refractivity contribution in [1.29, 1.82) is 0 Å². The Labute approximate surface area is 149 Å². The van der Waals surface area contributed by atoms with E-state index in [9.17, 15) is 9.59 Å². The van der Waals surface area contributed by atoms with Gasteiger partial charge in [0.25, 0.3) is 0 Å². The summed E-state index contributed by atoms with van der Waals surface area (Å²) in [5.74, 6) is 0.399. The maximum absolute atomic E-state index is 12.7. The van der Waals surface area contributed by atoms with Gasteiger partial charge in [0, 0.05) is 49.6 Å². The Morgan fingerprint density at radius 2 is 1.96 bits per heavy atom. The topological polar surface area (TPSA) is 51.5 Å². The Hall–Kier alpha value is -1.62. The predicted molar refractivity (Wildman–Crippen MR) is 94.9 cm³/mol. The van der Waals surface area contributed by atoms with Crippen LogP contribution in [0.5, 0.6) is 0 Å². The molecule has 2 saturated heterocycles. The molecule has 1 aromatic heterocycles. The maximum atomic E-state index is 12.7. The number of hydrogen-bond acceptors (Lipinski definition) is 3. The molecule has 0 saturated carbocycles. The average Bonchev–Trinajstić information content (AvgIpc) is 3.33. The first kappa shape index (κ1) is 16.8. The van der Waals surface area contributed by atoms with Crippen molar-refractivity contribution >= 4 is 11.7 Å². The molecule has 1 amide bonds. The third-order valence-corrected chi connectivity index (χ3v) is 6.05. The first-order valence-electron chi connectivity index (χ1n) is 9.78. The molecule has 1 atom stereocenters. The molecule has 4 rings (SSSR count). The van der Waals surface area contributed by atoms with E-state index in [1.165, 1.54) is 0 Å². The minimum absolute atomic E-state index is 0.177. The van der Waals surface area contributed by atoms with Crippen LogP contribution in [0.3, 0.4) is 0 Å². The summed E-state index contributed by atoms with van der Waals surface area (Å²) in [6.45, 7) is 5.47. The summed E-state index contributed by atoms with van der Waals surface area (Å²) in [6, 6.07) is 0. The highest BCUT2D eigenvalue weighted by Gasteiger charge is 2.31. The number of likely N-dealkylation sites (tertiary alicyclic amines) is 1. The van der Waals surface area contributed by atoms with Gasteiger partial charge >= 0.3 is 0 Å². The van der Waals surface area contributed by atoms with Crippen LogP contribution in [0.25, 0.3) is 0 Å². The van der Waals surface area contributed by atoms with Crippen molar-refractivity contribution < 1.29 is 14.3 Å². The zero-order chi connectivity index (χ0) is 17.4. The van der Waals surface area contributed by atoms with Crippen molar-refractivity contribution in [3.8, 4) is 0 Å². The van der Waals surface area contributed by atoms with E-state index in [0.717, 1.165) is 87.3 Å². The molecular formula is C20H28N2O3. The summed E-state index contributed by atoms with van der Waals surface area (Å²) in [5, 5.41) is 0. The second-order valence-electron chi connectivity index (χ2n) is 7.67. The van der Waals surface area contributed by atoms with Gasteiger partial charge in [-0.2, -0.15) is 0 Å². The van der Waals surface area contributed by atoms with E-state index in [-0.39, 0.29) is 17.8 Å². The highest BCUT2D eigenvalue weighted by molar-refractivity contribution is 6.01. The van der Waals surface area contributed by atoms with Crippen LogP contribution in [0.15, 0.2) is 0 Å². The summed E-state index contributed by atoms with van der Waals surface area (Å²) in [7, 11) is 0. The average molecular weight is 344 g/mol. The molecule has 0 spiro atoms. The molecule has 2 fully saturated rings. The van der Waals surface area contributed by atoms with Gasteiger partial charge in [-0.1, -0.05) is 0 Å².